The number of alkyl halides is 2. The lowest BCUT2D eigenvalue weighted by atomic mass is 10.1. The summed E-state index contributed by atoms with van der Waals surface area (Å²) in [5.41, 5.74) is 2.19. The summed E-state index contributed by atoms with van der Waals surface area (Å²) in [6.45, 7) is 3.28. The molecule has 0 radical (unpaired) electrons. The zero-order valence-electron chi connectivity index (χ0n) is 9.62. The summed E-state index contributed by atoms with van der Waals surface area (Å²) in [6.07, 6.45) is 0. The molecule has 0 aliphatic heterocycles. The van der Waals surface area contributed by atoms with Crippen LogP contribution in [0.5, 0.6) is 0 Å². The highest BCUT2D eigenvalue weighted by atomic mass is 35.5. The van der Waals surface area contributed by atoms with E-state index in [2.05, 4.69) is 4.90 Å². The second-order valence-electron chi connectivity index (χ2n) is 3.67. The van der Waals surface area contributed by atoms with Crippen LogP contribution in [0.2, 0.25) is 0 Å². The van der Waals surface area contributed by atoms with Crippen molar-refractivity contribution in [2.75, 3.05) is 29.7 Å². The Balaban J connectivity index is 2.99. The van der Waals surface area contributed by atoms with E-state index < -0.39 is 5.97 Å². The first-order valence-electron chi connectivity index (χ1n) is 5.31. The number of carbonyl (C=O) groups is 1. The quantitative estimate of drug-likeness (QED) is 0.812. The summed E-state index contributed by atoms with van der Waals surface area (Å²) >= 11 is 11.5. The van der Waals surface area contributed by atoms with Crippen LogP contribution in [-0.4, -0.2) is 35.9 Å². The van der Waals surface area contributed by atoms with E-state index in [1.807, 2.05) is 6.92 Å². The van der Waals surface area contributed by atoms with E-state index in [1.165, 1.54) is 0 Å². The molecule has 0 aromatic heterocycles. The third-order valence-electron chi connectivity index (χ3n) is 2.49. The van der Waals surface area contributed by atoms with E-state index in [-0.39, 0.29) is 0 Å². The van der Waals surface area contributed by atoms with Gasteiger partial charge < -0.3 is 10.0 Å². The summed E-state index contributed by atoms with van der Waals surface area (Å²) in [5, 5.41) is 8.89. The smallest absolute Gasteiger partial charge is 0.335 e. The molecule has 0 unspecified atom stereocenters. The summed E-state index contributed by atoms with van der Waals surface area (Å²) in [6, 6.07) is 5.06. The van der Waals surface area contributed by atoms with E-state index in [9.17, 15) is 4.79 Å². The highest BCUT2D eigenvalue weighted by molar-refractivity contribution is 6.18. The van der Waals surface area contributed by atoms with Gasteiger partial charge in [0.25, 0.3) is 0 Å². The van der Waals surface area contributed by atoms with Crippen molar-refractivity contribution in [2.24, 2.45) is 0 Å². The summed E-state index contributed by atoms with van der Waals surface area (Å²) in [4.78, 5) is 12.9. The molecule has 1 aromatic carbocycles. The van der Waals surface area contributed by atoms with Crippen molar-refractivity contribution in [3.05, 3.63) is 29.3 Å². The molecule has 0 atom stereocenters. The molecular formula is C12H15Cl2NO2. The summed E-state index contributed by atoms with van der Waals surface area (Å²) in [5.74, 6) is 0.106. The van der Waals surface area contributed by atoms with Gasteiger partial charge in [-0.05, 0) is 30.7 Å². The van der Waals surface area contributed by atoms with Gasteiger partial charge in [-0.3, -0.25) is 0 Å². The van der Waals surface area contributed by atoms with E-state index in [1.54, 1.807) is 18.2 Å². The molecule has 1 aromatic rings. The Bertz CT molecular complexity index is 390. The molecular weight excluding hydrogens is 261 g/mol. The van der Waals surface area contributed by atoms with Crippen LogP contribution in [0.25, 0.3) is 0 Å². The van der Waals surface area contributed by atoms with Gasteiger partial charge in [0.2, 0.25) is 0 Å². The second kappa shape index (κ2) is 6.72. The average molecular weight is 276 g/mol. The molecule has 94 valence electrons. The highest BCUT2D eigenvalue weighted by Gasteiger charge is 2.10. The summed E-state index contributed by atoms with van der Waals surface area (Å²) in [7, 11) is 0. The molecule has 0 amide bonds. The number of rotatable bonds is 6. The van der Waals surface area contributed by atoms with Crippen molar-refractivity contribution in [2.45, 2.75) is 6.92 Å². The van der Waals surface area contributed by atoms with E-state index in [0.717, 1.165) is 11.3 Å². The van der Waals surface area contributed by atoms with Gasteiger partial charge in [-0.2, -0.15) is 0 Å². The molecule has 1 N–H and O–H groups in total. The maximum atomic E-state index is 10.8. The number of halogens is 2. The minimum absolute atomic E-state index is 0.294. The lowest BCUT2D eigenvalue weighted by Crippen LogP contribution is -2.28. The van der Waals surface area contributed by atoms with Crippen molar-refractivity contribution < 1.29 is 9.90 Å². The number of anilines is 1. The van der Waals surface area contributed by atoms with Crippen molar-refractivity contribution in [1.29, 1.82) is 0 Å². The zero-order valence-corrected chi connectivity index (χ0v) is 11.1. The van der Waals surface area contributed by atoms with Crippen molar-refractivity contribution in [3.63, 3.8) is 0 Å². The largest absolute Gasteiger partial charge is 0.478 e. The molecule has 0 fully saturated rings. The zero-order chi connectivity index (χ0) is 12.8. The van der Waals surface area contributed by atoms with Crippen LogP contribution in [0.1, 0.15) is 15.9 Å². The lowest BCUT2D eigenvalue weighted by molar-refractivity contribution is 0.0697. The van der Waals surface area contributed by atoms with Crippen LogP contribution in [0.15, 0.2) is 18.2 Å². The third-order valence-corrected chi connectivity index (χ3v) is 2.83. The number of aryl methyl sites for hydroxylation is 1. The standard InChI is InChI=1S/C12H15Cl2NO2/c1-9-8-10(12(16)17)2-3-11(9)15(6-4-13)7-5-14/h2-3,8H,4-7H2,1H3,(H,16,17). The van der Waals surface area contributed by atoms with E-state index in [0.29, 0.717) is 30.4 Å². The van der Waals surface area contributed by atoms with E-state index >= 15 is 0 Å². The molecule has 5 heteroatoms. The second-order valence-corrected chi connectivity index (χ2v) is 4.43. The van der Waals surface area contributed by atoms with Crippen molar-refractivity contribution >= 4 is 34.9 Å². The predicted octanol–water partition coefficient (Wildman–Crippen LogP) is 2.98. The first-order valence-corrected chi connectivity index (χ1v) is 6.38. The lowest BCUT2D eigenvalue weighted by Gasteiger charge is -2.24. The molecule has 0 aliphatic rings. The van der Waals surface area contributed by atoms with Gasteiger partial charge in [-0.1, -0.05) is 0 Å². The minimum atomic E-state index is -0.916. The first kappa shape index (κ1) is 14.1. The van der Waals surface area contributed by atoms with Crippen LogP contribution in [0.3, 0.4) is 0 Å². The topological polar surface area (TPSA) is 40.5 Å². The minimum Gasteiger partial charge on any atom is -0.478 e. The van der Waals surface area contributed by atoms with Gasteiger partial charge in [-0.15, -0.1) is 23.2 Å². The number of hydrogen-bond acceptors (Lipinski definition) is 2. The van der Waals surface area contributed by atoms with Gasteiger partial charge in [0.05, 0.1) is 5.56 Å². The Morgan fingerprint density at radius 2 is 1.88 bits per heavy atom. The summed E-state index contributed by atoms with van der Waals surface area (Å²) < 4.78 is 0. The molecule has 0 spiro atoms. The fraction of sp³-hybridized carbons (Fsp3) is 0.417. The monoisotopic (exact) mass is 275 g/mol. The number of benzene rings is 1. The molecule has 17 heavy (non-hydrogen) atoms. The van der Waals surface area contributed by atoms with Gasteiger partial charge in [0.15, 0.2) is 0 Å². The number of carboxylic acids is 1. The fourth-order valence-corrected chi connectivity index (χ4v) is 2.11. The van der Waals surface area contributed by atoms with Gasteiger partial charge >= 0.3 is 5.97 Å². The van der Waals surface area contributed by atoms with Crippen molar-refractivity contribution in [3.8, 4) is 0 Å². The SMILES string of the molecule is Cc1cc(C(=O)O)ccc1N(CCCl)CCCl. The van der Waals surface area contributed by atoms with Crippen LogP contribution in [0.4, 0.5) is 5.69 Å². The van der Waals surface area contributed by atoms with Gasteiger partial charge in [-0.25, -0.2) is 4.79 Å². The predicted molar refractivity (Wildman–Crippen MR) is 71.8 cm³/mol. The Hall–Kier alpha value is -0.930. The highest BCUT2D eigenvalue weighted by Crippen LogP contribution is 2.21. The molecule has 3 nitrogen and oxygen atoms in total. The van der Waals surface area contributed by atoms with Crippen LogP contribution in [0, 0.1) is 6.92 Å². The van der Waals surface area contributed by atoms with Crippen molar-refractivity contribution in [1.82, 2.24) is 0 Å². The van der Waals surface area contributed by atoms with Gasteiger partial charge in [0.1, 0.15) is 0 Å². The number of hydrogen-bond donors (Lipinski definition) is 1. The molecule has 0 heterocycles. The average Bonchev–Trinajstić information content (AvgIpc) is 2.28. The number of carboxylic acid groups (broad SMARTS) is 1. The molecule has 0 bridgehead atoms. The van der Waals surface area contributed by atoms with Crippen LogP contribution in [-0.2, 0) is 0 Å². The fourth-order valence-electron chi connectivity index (χ4n) is 1.70. The Morgan fingerprint density at radius 3 is 2.29 bits per heavy atom. The first-order chi connectivity index (χ1) is 8.10. The molecule has 0 saturated heterocycles. The Kier molecular flexibility index (Phi) is 5.59. The Labute approximate surface area is 111 Å². The third kappa shape index (κ3) is 3.79. The molecule has 1 rings (SSSR count). The number of nitrogens with zero attached hydrogens (tertiary/aromatic N) is 1. The molecule has 0 saturated carbocycles. The van der Waals surface area contributed by atoms with Crippen LogP contribution < -0.4 is 4.90 Å². The Morgan fingerprint density at radius 1 is 1.29 bits per heavy atom. The molecule has 0 aliphatic carbocycles. The normalized spacial score (nSPS) is 10.3. The number of aromatic carboxylic acids is 1. The van der Waals surface area contributed by atoms with Gasteiger partial charge in [0, 0.05) is 30.5 Å². The van der Waals surface area contributed by atoms with E-state index in [4.69, 9.17) is 28.3 Å². The maximum Gasteiger partial charge on any atom is 0.335 e. The van der Waals surface area contributed by atoms with Crippen LogP contribution >= 0.6 is 23.2 Å². The maximum absolute atomic E-state index is 10.8.